The number of aliphatic hydroxyl groups excluding tert-OH is 1. The van der Waals surface area contributed by atoms with E-state index >= 15 is 9.59 Å². The molecule has 306 valence electrons. The molecule has 0 radical (unpaired) electrons. The molecular formula is C53H48N2O6. The first-order valence-electron chi connectivity index (χ1n) is 20.7. The Balaban J connectivity index is 1.31. The number of rotatable bonds is 15. The van der Waals surface area contributed by atoms with Crippen LogP contribution in [0.1, 0.15) is 52.9 Å². The Morgan fingerprint density at radius 3 is 2.23 bits per heavy atom. The summed E-state index contributed by atoms with van der Waals surface area (Å²) in [7, 11) is 0. The van der Waals surface area contributed by atoms with Crippen LogP contribution in [-0.4, -0.2) is 53.1 Å². The molecule has 0 bridgehead atoms. The first-order chi connectivity index (χ1) is 29.8. The topological polar surface area (TPSA) is 96.4 Å². The van der Waals surface area contributed by atoms with Crippen LogP contribution in [0.5, 0.6) is 5.75 Å². The van der Waals surface area contributed by atoms with Crippen molar-refractivity contribution in [2.24, 2.45) is 0 Å². The highest BCUT2D eigenvalue weighted by Gasteiger charge is 2.50. The van der Waals surface area contributed by atoms with Gasteiger partial charge in [-0.1, -0.05) is 133 Å². The van der Waals surface area contributed by atoms with E-state index in [1.54, 1.807) is 17.0 Å². The van der Waals surface area contributed by atoms with Gasteiger partial charge in [0.05, 0.1) is 25.1 Å². The molecule has 61 heavy (non-hydrogen) atoms. The summed E-state index contributed by atoms with van der Waals surface area (Å²) in [4.78, 5) is 47.2. The average molecular weight is 809 g/mol. The highest BCUT2D eigenvalue weighted by atomic mass is 16.5. The molecule has 3 atom stereocenters. The smallest absolute Gasteiger partial charge is 0.302 e. The molecule has 0 spiro atoms. The highest BCUT2D eigenvalue weighted by molar-refractivity contribution is 6.01. The number of carbonyl (C=O) groups excluding carboxylic acids is 3. The number of aliphatic hydroxyl groups is 1. The number of carbonyl (C=O) groups is 3. The van der Waals surface area contributed by atoms with Gasteiger partial charge in [0, 0.05) is 49.7 Å². The van der Waals surface area contributed by atoms with E-state index in [0.29, 0.717) is 29.0 Å². The molecule has 1 aliphatic rings. The van der Waals surface area contributed by atoms with Crippen LogP contribution in [0.25, 0.3) is 32.7 Å². The summed E-state index contributed by atoms with van der Waals surface area (Å²) in [6.07, 6.45) is 1.51. The molecule has 7 aromatic rings. The van der Waals surface area contributed by atoms with Crippen molar-refractivity contribution < 1.29 is 29.0 Å². The van der Waals surface area contributed by atoms with Gasteiger partial charge < -0.3 is 24.4 Å². The fourth-order valence-electron chi connectivity index (χ4n) is 8.60. The Hall–Kier alpha value is -7.03. The lowest BCUT2D eigenvalue weighted by atomic mass is 9.93. The van der Waals surface area contributed by atoms with E-state index in [0.717, 1.165) is 43.8 Å². The molecular weight excluding hydrogens is 761 g/mol. The van der Waals surface area contributed by atoms with Gasteiger partial charge in [0.25, 0.3) is 5.91 Å². The Morgan fingerprint density at radius 1 is 0.770 bits per heavy atom. The quantitative estimate of drug-likeness (QED) is 0.0630. The van der Waals surface area contributed by atoms with E-state index in [2.05, 4.69) is 6.58 Å². The van der Waals surface area contributed by atoms with Gasteiger partial charge in [-0.2, -0.15) is 0 Å². The number of anilines is 1. The third-order valence-electron chi connectivity index (χ3n) is 11.4. The molecule has 1 aliphatic heterocycles. The van der Waals surface area contributed by atoms with Crippen molar-refractivity contribution in [1.82, 2.24) is 4.90 Å². The molecule has 7 aromatic carbocycles. The number of fused-ring (bicyclic) bond motifs is 3. The Bertz CT molecular complexity index is 2690. The van der Waals surface area contributed by atoms with Gasteiger partial charge >= 0.3 is 5.97 Å². The van der Waals surface area contributed by atoms with Gasteiger partial charge in [0.1, 0.15) is 11.9 Å². The summed E-state index contributed by atoms with van der Waals surface area (Å²) in [5, 5.41) is 13.7. The minimum absolute atomic E-state index is 0.0331. The molecule has 0 saturated carbocycles. The van der Waals surface area contributed by atoms with Gasteiger partial charge in [-0.05, 0) is 74.1 Å². The zero-order valence-corrected chi connectivity index (χ0v) is 34.2. The average Bonchev–Trinajstić information content (AvgIpc) is 3.62. The third kappa shape index (κ3) is 8.81. The van der Waals surface area contributed by atoms with E-state index < -0.39 is 24.2 Å². The van der Waals surface area contributed by atoms with Crippen LogP contribution in [0.2, 0.25) is 0 Å². The summed E-state index contributed by atoms with van der Waals surface area (Å²) < 4.78 is 12.3. The van der Waals surface area contributed by atoms with E-state index in [9.17, 15) is 9.90 Å². The molecule has 2 amide bonds. The first-order valence-corrected chi connectivity index (χ1v) is 20.7. The zero-order valence-electron chi connectivity index (χ0n) is 34.2. The lowest BCUT2D eigenvalue weighted by molar-refractivity contribution is -0.148. The molecule has 0 aliphatic carbocycles. The molecule has 1 N–H and O–H groups in total. The maximum absolute atomic E-state index is 15.5. The number of ether oxygens (including phenoxy) is 2. The number of esters is 1. The maximum atomic E-state index is 15.5. The molecule has 8 nitrogen and oxygen atoms in total. The lowest BCUT2D eigenvalue weighted by Gasteiger charge is -2.39. The van der Waals surface area contributed by atoms with Gasteiger partial charge in [-0.25, -0.2) is 0 Å². The van der Waals surface area contributed by atoms with Crippen LogP contribution in [0.15, 0.2) is 170 Å². The van der Waals surface area contributed by atoms with Crippen LogP contribution in [0.3, 0.4) is 0 Å². The minimum atomic E-state index is -0.880. The van der Waals surface area contributed by atoms with E-state index in [4.69, 9.17) is 9.47 Å². The van der Waals surface area contributed by atoms with Crippen LogP contribution in [0, 0.1) is 0 Å². The number of hydrogen-bond acceptors (Lipinski definition) is 6. The van der Waals surface area contributed by atoms with Crippen molar-refractivity contribution in [2.75, 3.05) is 18.1 Å². The van der Waals surface area contributed by atoms with E-state index in [-0.39, 0.29) is 44.4 Å². The summed E-state index contributed by atoms with van der Waals surface area (Å²) >= 11 is 0. The number of nitrogens with zero attached hydrogens (tertiary/aromatic N) is 2. The molecule has 1 unspecified atom stereocenters. The standard InChI is InChI=1S/C53H48N2O6/c1-3-13-49(61-36(2)57)52-51(47-34-45(60-31-12-30-56)28-29-48(47)55(52)50(58)33-37-22-23-39-16-7-8-18-43(39)32-37)54(35-44-20-11-19-41-17-9-10-21-46(41)44)53(59)42-26-24-40(25-27-42)38-14-5-4-6-15-38/h3-11,14-29,32,34,49,51-52,56H,1,12-13,30-31,33,35H2,2H3/t49?,51-,52+/m0/s1. The summed E-state index contributed by atoms with van der Waals surface area (Å²) in [6.45, 7) is 5.79. The second-order valence-electron chi connectivity index (χ2n) is 15.4. The molecule has 0 aromatic heterocycles. The van der Waals surface area contributed by atoms with Gasteiger partial charge in [0.15, 0.2) is 0 Å². The fourth-order valence-corrected chi connectivity index (χ4v) is 8.60. The third-order valence-corrected chi connectivity index (χ3v) is 11.4. The van der Waals surface area contributed by atoms with Gasteiger partial charge in [-0.3, -0.25) is 14.4 Å². The predicted molar refractivity (Wildman–Crippen MR) is 241 cm³/mol. The molecule has 8 rings (SSSR count). The van der Waals surface area contributed by atoms with Crippen molar-refractivity contribution in [1.29, 1.82) is 0 Å². The Morgan fingerprint density at radius 2 is 1.48 bits per heavy atom. The van der Waals surface area contributed by atoms with Crippen molar-refractivity contribution in [3.63, 3.8) is 0 Å². The largest absolute Gasteiger partial charge is 0.493 e. The summed E-state index contributed by atoms with van der Waals surface area (Å²) in [5.74, 6) is -0.467. The monoisotopic (exact) mass is 808 g/mol. The molecule has 8 heteroatoms. The first kappa shape index (κ1) is 40.7. The minimum Gasteiger partial charge on any atom is -0.493 e. The SMILES string of the molecule is C=CCC(OC(C)=O)[C@@H]1[C@@H](N(Cc2cccc3ccccc23)C(=O)c2ccc(-c3ccccc3)cc2)c2cc(OCCCO)ccc2N1C(=O)Cc1ccc2ccccc2c1. The van der Waals surface area contributed by atoms with Gasteiger partial charge in [0.2, 0.25) is 5.91 Å². The Labute approximate surface area is 356 Å². The fraction of sp³-hybridized carbons (Fsp3) is 0.189. The lowest BCUT2D eigenvalue weighted by Crippen LogP contribution is -2.53. The van der Waals surface area contributed by atoms with Crippen molar-refractivity contribution in [3.05, 3.63) is 193 Å². The maximum Gasteiger partial charge on any atom is 0.302 e. The molecule has 0 fully saturated rings. The van der Waals surface area contributed by atoms with Crippen LogP contribution in [-0.2, 0) is 27.3 Å². The van der Waals surface area contributed by atoms with Crippen LogP contribution < -0.4 is 9.64 Å². The molecule has 1 heterocycles. The van der Waals surface area contributed by atoms with E-state index in [1.165, 1.54) is 6.92 Å². The summed E-state index contributed by atoms with van der Waals surface area (Å²) in [5.41, 5.74) is 5.47. The number of amides is 2. The second-order valence-corrected chi connectivity index (χ2v) is 15.4. The van der Waals surface area contributed by atoms with E-state index in [1.807, 2.05) is 157 Å². The second kappa shape index (κ2) is 18.5. The molecule has 0 saturated heterocycles. The Kier molecular flexibility index (Phi) is 12.3. The van der Waals surface area contributed by atoms with Crippen molar-refractivity contribution in [2.45, 2.75) is 50.9 Å². The highest BCUT2D eigenvalue weighted by Crippen LogP contribution is 2.48. The number of benzene rings is 7. The normalized spacial score (nSPS) is 15.0. The van der Waals surface area contributed by atoms with Crippen molar-refractivity contribution >= 4 is 45.0 Å². The van der Waals surface area contributed by atoms with Gasteiger partial charge in [-0.15, -0.1) is 6.58 Å². The summed E-state index contributed by atoms with van der Waals surface area (Å²) in [6, 6.07) is 49.6. The predicted octanol–water partition coefficient (Wildman–Crippen LogP) is 10.3. The van der Waals surface area contributed by atoms with Crippen LogP contribution in [0.4, 0.5) is 5.69 Å². The number of hydrogen-bond donors (Lipinski definition) is 1. The van der Waals surface area contributed by atoms with Crippen LogP contribution >= 0.6 is 0 Å². The van der Waals surface area contributed by atoms with Crippen molar-refractivity contribution in [3.8, 4) is 16.9 Å². The zero-order chi connectivity index (χ0) is 42.3.